The van der Waals surface area contributed by atoms with Crippen molar-refractivity contribution in [2.24, 2.45) is 16.6 Å². The summed E-state index contributed by atoms with van der Waals surface area (Å²) in [5.74, 6) is 0.842. The van der Waals surface area contributed by atoms with Crippen molar-refractivity contribution in [3.05, 3.63) is 42.0 Å². The van der Waals surface area contributed by atoms with Crippen molar-refractivity contribution < 1.29 is 9.84 Å². The van der Waals surface area contributed by atoms with Crippen LogP contribution in [0.2, 0.25) is 0 Å². The Morgan fingerprint density at radius 1 is 1.17 bits per heavy atom. The second-order valence-corrected chi connectivity index (χ2v) is 3.78. The van der Waals surface area contributed by atoms with Gasteiger partial charge in [0.15, 0.2) is 0 Å². The zero-order valence-corrected chi connectivity index (χ0v) is 10.1. The third-order valence-electron chi connectivity index (χ3n) is 2.50. The van der Waals surface area contributed by atoms with Crippen LogP contribution >= 0.6 is 0 Å². The first kappa shape index (κ1) is 11.9. The summed E-state index contributed by atoms with van der Waals surface area (Å²) in [6, 6.07) is 11.9. The largest absolute Gasteiger partial charge is 0.497 e. The van der Waals surface area contributed by atoms with Gasteiger partial charge in [-0.15, -0.1) is 5.10 Å². The number of hydrogen-bond acceptors (Lipinski definition) is 2. The molecular weight excluding hydrogens is 228 g/mol. The van der Waals surface area contributed by atoms with Crippen molar-refractivity contribution in [3.63, 3.8) is 0 Å². The highest BCUT2D eigenvalue weighted by molar-refractivity contribution is 5.89. The molecular formula is C13H15N4O+. The monoisotopic (exact) mass is 243 g/mol. The Balaban J connectivity index is 2.33. The van der Waals surface area contributed by atoms with Crippen LogP contribution in [0.3, 0.4) is 0 Å². The molecule has 0 aliphatic heterocycles. The van der Waals surface area contributed by atoms with E-state index >= 15 is 0 Å². The second-order valence-electron chi connectivity index (χ2n) is 3.78. The number of nitrogens with one attached hydrogen (secondary N) is 1. The maximum absolute atomic E-state index is 5.21. The highest BCUT2D eigenvalue weighted by Gasteiger charge is 1.99. The first-order valence-electron chi connectivity index (χ1n) is 5.44. The Hall–Kier alpha value is -2.56. The van der Waals surface area contributed by atoms with Crippen molar-refractivity contribution in [2.45, 2.75) is 0 Å². The fraction of sp³-hybridized carbons (Fsp3) is 0.0769. The van der Waals surface area contributed by atoms with Gasteiger partial charge in [0.1, 0.15) is 5.75 Å². The third kappa shape index (κ3) is 2.76. The average molecular weight is 243 g/mol. The van der Waals surface area contributed by atoms with Crippen molar-refractivity contribution in [1.29, 1.82) is 0 Å². The number of hydrogen-bond donors (Lipinski definition) is 3. The summed E-state index contributed by atoms with van der Waals surface area (Å²) in [5.41, 5.74) is 11.4. The van der Waals surface area contributed by atoms with Gasteiger partial charge in [-0.3, -0.25) is 0 Å². The molecule has 18 heavy (non-hydrogen) atoms. The Labute approximate surface area is 105 Å². The summed E-state index contributed by atoms with van der Waals surface area (Å²) in [6.07, 6.45) is 1.73. The molecule has 5 N–H and O–H groups in total. The molecule has 0 bridgehead atoms. The molecule has 0 aliphatic carbocycles. The summed E-state index contributed by atoms with van der Waals surface area (Å²) in [6.45, 7) is 0. The van der Waals surface area contributed by atoms with E-state index in [9.17, 15) is 0 Å². The highest BCUT2D eigenvalue weighted by Crippen LogP contribution is 2.21. The number of hydrazone groups is 1. The van der Waals surface area contributed by atoms with Gasteiger partial charge in [0, 0.05) is 10.7 Å². The van der Waals surface area contributed by atoms with Crippen LogP contribution in [0, 0.1) is 0 Å². The molecule has 0 heterocycles. The van der Waals surface area contributed by atoms with Crippen LogP contribution in [0.25, 0.3) is 10.8 Å². The van der Waals surface area contributed by atoms with Gasteiger partial charge in [-0.2, -0.15) is 0 Å². The van der Waals surface area contributed by atoms with E-state index in [1.54, 1.807) is 13.3 Å². The maximum atomic E-state index is 5.21. The summed E-state index contributed by atoms with van der Waals surface area (Å²) in [7, 11) is 1.66. The molecule has 5 nitrogen and oxygen atoms in total. The molecule has 0 radical (unpaired) electrons. The zero-order valence-electron chi connectivity index (χ0n) is 10.1. The number of nitrogens with zero attached hydrogens (tertiary/aromatic N) is 1. The van der Waals surface area contributed by atoms with Crippen LogP contribution in [0.5, 0.6) is 5.75 Å². The summed E-state index contributed by atoms with van der Waals surface area (Å²) in [5, 5.41) is 8.59. The van der Waals surface area contributed by atoms with Crippen LogP contribution in [0.4, 0.5) is 0 Å². The first-order chi connectivity index (χ1) is 8.69. The molecule has 0 atom stereocenters. The van der Waals surface area contributed by atoms with Crippen molar-refractivity contribution >= 4 is 22.9 Å². The van der Waals surface area contributed by atoms with Crippen LogP contribution in [0.15, 0.2) is 41.5 Å². The van der Waals surface area contributed by atoms with E-state index in [1.807, 2.05) is 36.4 Å². The van der Waals surface area contributed by atoms with Gasteiger partial charge in [0.2, 0.25) is 6.21 Å². The minimum absolute atomic E-state index is 0.00299. The lowest BCUT2D eigenvalue weighted by Crippen LogP contribution is -2.63. The molecule has 0 unspecified atom stereocenters. The summed E-state index contributed by atoms with van der Waals surface area (Å²) in [4.78, 5) is 0. The minimum Gasteiger partial charge on any atom is -0.497 e. The standard InChI is InChI=1S/C13H14N4O/c1-18-12-5-4-10-6-9(2-3-11(10)7-12)8-16-17-13(14)15/h2-8H,1H3,(H4,14,15,17)/p+1/b16-8-. The Morgan fingerprint density at radius 3 is 2.61 bits per heavy atom. The lowest BCUT2D eigenvalue weighted by atomic mass is 10.1. The van der Waals surface area contributed by atoms with E-state index in [0.29, 0.717) is 0 Å². The fourth-order valence-electron chi connectivity index (χ4n) is 1.64. The molecule has 0 fully saturated rings. The van der Waals surface area contributed by atoms with Gasteiger partial charge in [0.05, 0.1) is 7.11 Å². The topological polar surface area (TPSA) is 87.6 Å². The SMILES string of the molecule is COc1ccc2cc(/C=[NH+]\N=C(N)N)ccc2c1. The Bertz CT molecular complexity index is 615. The van der Waals surface area contributed by atoms with Crippen molar-refractivity contribution in [2.75, 3.05) is 7.11 Å². The molecule has 0 spiro atoms. The van der Waals surface area contributed by atoms with Crippen molar-refractivity contribution in [3.8, 4) is 5.75 Å². The molecule has 0 aliphatic rings. The normalized spacial score (nSPS) is 10.7. The lowest BCUT2D eigenvalue weighted by Gasteiger charge is -2.02. The molecule has 2 rings (SSSR count). The van der Waals surface area contributed by atoms with Gasteiger partial charge in [-0.1, -0.05) is 12.1 Å². The van der Waals surface area contributed by atoms with Crippen LogP contribution in [-0.4, -0.2) is 19.3 Å². The number of guanidine groups is 1. The molecule has 0 saturated carbocycles. The Morgan fingerprint density at radius 2 is 1.89 bits per heavy atom. The molecule has 0 saturated heterocycles. The summed E-state index contributed by atoms with van der Waals surface area (Å²) >= 11 is 0. The van der Waals surface area contributed by atoms with E-state index in [4.69, 9.17) is 16.2 Å². The fourth-order valence-corrected chi connectivity index (χ4v) is 1.64. The third-order valence-corrected chi connectivity index (χ3v) is 2.50. The van der Waals surface area contributed by atoms with Crippen LogP contribution in [0.1, 0.15) is 5.56 Å². The Kier molecular flexibility index (Phi) is 3.43. The number of benzene rings is 2. The first-order valence-corrected chi connectivity index (χ1v) is 5.44. The van der Waals surface area contributed by atoms with Gasteiger partial charge < -0.3 is 16.2 Å². The molecule has 2 aromatic rings. The van der Waals surface area contributed by atoms with E-state index in [-0.39, 0.29) is 5.96 Å². The van der Waals surface area contributed by atoms with E-state index in [0.717, 1.165) is 22.1 Å². The molecule has 0 amide bonds. The quantitative estimate of drug-likeness (QED) is 0.387. The second kappa shape index (κ2) is 5.18. The lowest BCUT2D eigenvalue weighted by molar-refractivity contribution is -0.456. The van der Waals surface area contributed by atoms with E-state index in [1.165, 1.54) is 0 Å². The van der Waals surface area contributed by atoms with Crippen LogP contribution in [-0.2, 0) is 0 Å². The van der Waals surface area contributed by atoms with Gasteiger partial charge in [-0.25, -0.2) is 0 Å². The van der Waals surface area contributed by atoms with Gasteiger partial charge in [0.25, 0.3) is 5.96 Å². The predicted octanol–water partition coefficient (Wildman–Crippen LogP) is -0.464. The van der Waals surface area contributed by atoms with Gasteiger partial charge in [-0.05, 0) is 35.0 Å². The number of ether oxygens (including phenoxy) is 1. The minimum atomic E-state index is -0.00299. The molecule has 5 heteroatoms. The summed E-state index contributed by atoms with van der Waals surface area (Å²) < 4.78 is 5.18. The van der Waals surface area contributed by atoms with E-state index in [2.05, 4.69) is 10.2 Å². The number of rotatable bonds is 3. The van der Waals surface area contributed by atoms with Crippen molar-refractivity contribution in [1.82, 2.24) is 0 Å². The number of methoxy groups -OCH3 is 1. The molecule has 2 aromatic carbocycles. The van der Waals surface area contributed by atoms with E-state index < -0.39 is 0 Å². The number of nitrogens with two attached hydrogens (primary N) is 2. The predicted molar refractivity (Wildman–Crippen MR) is 72.4 cm³/mol. The molecule has 0 aromatic heterocycles. The van der Waals surface area contributed by atoms with Crippen LogP contribution < -0.4 is 21.3 Å². The molecule has 92 valence electrons. The number of fused-ring (bicyclic) bond motifs is 1. The van der Waals surface area contributed by atoms with Gasteiger partial charge >= 0.3 is 0 Å². The highest BCUT2D eigenvalue weighted by atomic mass is 16.5. The maximum Gasteiger partial charge on any atom is 0.256 e. The average Bonchev–Trinajstić information content (AvgIpc) is 2.37. The smallest absolute Gasteiger partial charge is 0.256 e. The zero-order chi connectivity index (χ0) is 13.0.